The summed E-state index contributed by atoms with van der Waals surface area (Å²) in [6.45, 7) is 1.34. The molecule has 0 spiro atoms. The van der Waals surface area contributed by atoms with Gasteiger partial charge in [-0.1, -0.05) is 12.1 Å². The molecule has 8 heteroatoms. The first kappa shape index (κ1) is 21.9. The van der Waals surface area contributed by atoms with Crippen molar-refractivity contribution >= 4 is 22.6 Å². The number of aryl methyl sites for hydroxylation is 1. The smallest absolute Gasteiger partial charge is 0.262 e. The minimum absolute atomic E-state index is 0.0549. The first-order valence-electron chi connectivity index (χ1n) is 10.0. The van der Waals surface area contributed by atoms with Gasteiger partial charge >= 0.3 is 0 Å². The number of methoxy groups -OCH3 is 1. The van der Waals surface area contributed by atoms with Crippen molar-refractivity contribution in [1.29, 1.82) is 0 Å². The first-order chi connectivity index (χ1) is 15.9. The number of rotatable bonds is 7. The second-order valence-corrected chi connectivity index (χ2v) is 7.07. The van der Waals surface area contributed by atoms with Crippen LogP contribution in [-0.2, 0) is 4.79 Å². The van der Waals surface area contributed by atoms with Crippen LogP contribution in [0.1, 0.15) is 5.76 Å². The van der Waals surface area contributed by atoms with E-state index in [0.29, 0.717) is 33.9 Å². The summed E-state index contributed by atoms with van der Waals surface area (Å²) < 4.78 is 35.3. The van der Waals surface area contributed by atoms with Crippen molar-refractivity contribution in [3.63, 3.8) is 0 Å². The zero-order valence-corrected chi connectivity index (χ0v) is 17.9. The number of halogens is 1. The molecule has 0 atom stereocenters. The number of carbonyl (C=O) groups excluding carboxylic acids is 1. The third-order valence-corrected chi connectivity index (χ3v) is 4.77. The normalized spacial score (nSPS) is 10.6. The molecule has 168 valence electrons. The van der Waals surface area contributed by atoms with Crippen molar-refractivity contribution in [2.45, 2.75) is 6.92 Å². The van der Waals surface area contributed by atoms with Gasteiger partial charge in [0.1, 0.15) is 22.9 Å². The minimum Gasteiger partial charge on any atom is -0.493 e. The molecule has 0 fully saturated rings. The number of ether oxygens (including phenoxy) is 3. The van der Waals surface area contributed by atoms with Gasteiger partial charge in [0.15, 0.2) is 18.1 Å². The van der Waals surface area contributed by atoms with E-state index < -0.39 is 11.7 Å². The molecule has 4 aromatic rings. The first-order valence-corrected chi connectivity index (χ1v) is 10.0. The second kappa shape index (κ2) is 9.44. The molecule has 33 heavy (non-hydrogen) atoms. The van der Waals surface area contributed by atoms with Crippen molar-refractivity contribution < 1.29 is 27.8 Å². The molecule has 0 aliphatic carbocycles. The summed E-state index contributed by atoms with van der Waals surface area (Å²) in [5, 5.41) is 2.90. The van der Waals surface area contributed by atoms with Crippen LogP contribution < -0.4 is 25.0 Å². The summed E-state index contributed by atoms with van der Waals surface area (Å²) in [5.41, 5.74) is 0.397. The Bertz CT molecular complexity index is 1360. The van der Waals surface area contributed by atoms with E-state index in [9.17, 15) is 14.0 Å². The summed E-state index contributed by atoms with van der Waals surface area (Å²) in [7, 11) is 1.51. The highest BCUT2D eigenvalue weighted by atomic mass is 19.1. The lowest BCUT2D eigenvalue weighted by molar-refractivity contribution is -0.118. The molecule has 1 heterocycles. The van der Waals surface area contributed by atoms with Crippen molar-refractivity contribution in [2.75, 3.05) is 19.0 Å². The van der Waals surface area contributed by atoms with Gasteiger partial charge < -0.3 is 23.9 Å². The van der Waals surface area contributed by atoms with Crippen LogP contribution in [0.5, 0.6) is 23.0 Å². The van der Waals surface area contributed by atoms with Crippen LogP contribution >= 0.6 is 0 Å². The fourth-order valence-electron chi connectivity index (χ4n) is 3.17. The zero-order chi connectivity index (χ0) is 23.4. The quantitative estimate of drug-likeness (QED) is 0.424. The molecule has 0 bridgehead atoms. The van der Waals surface area contributed by atoms with E-state index in [1.165, 1.54) is 37.4 Å². The molecule has 1 amide bonds. The number of carbonyl (C=O) groups is 1. The van der Waals surface area contributed by atoms with Gasteiger partial charge in [0.25, 0.3) is 5.91 Å². The Morgan fingerprint density at radius 2 is 1.76 bits per heavy atom. The number of fused-ring (bicyclic) bond motifs is 1. The molecule has 0 saturated heterocycles. The van der Waals surface area contributed by atoms with Crippen LogP contribution in [0.2, 0.25) is 0 Å². The number of hydrogen-bond donors (Lipinski definition) is 1. The van der Waals surface area contributed by atoms with Gasteiger partial charge in [-0.2, -0.15) is 0 Å². The number of para-hydroxylation sites is 2. The van der Waals surface area contributed by atoms with Crippen LogP contribution in [0.15, 0.2) is 75.9 Å². The van der Waals surface area contributed by atoms with Crippen LogP contribution in [0.4, 0.5) is 10.1 Å². The van der Waals surface area contributed by atoms with E-state index in [1.54, 1.807) is 43.3 Å². The fraction of sp³-hybridized carbons (Fsp3) is 0.120. The van der Waals surface area contributed by atoms with E-state index >= 15 is 0 Å². The highest BCUT2D eigenvalue weighted by molar-refractivity contribution is 5.91. The Morgan fingerprint density at radius 1 is 1.03 bits per heavy atom. The molecule has 4 rings (SSSR count). The van der Waals surface area contributed by atoms with Gasteiger partial charge in [0.05, 0.1) is 12.5 Å². The summed E-state index contributed by atoms with van der Waals surface area (Å²) in [4.78, 5) is 25.1. The molecule has 0 unspecified atom stereocenters. The monoisotopic (exact) mass is 449 g/mol. The third-order valence-electron chi connectivity index (χ3n) is 4.77. The van der Waals surface area contributed by atoms with Crippen molar-refractivity contribution in [3.8, 4) is 23.0 Å². The Balaban J connectivity index is 1.51. The van der Waals surface area contributed by atoms with Gasteiger partial charge in [-0.15, -0.1) is 0 Å². The fourth-order valence-corrected chi connectivity index (χ4v) is 3.17. The van der Waals surface area contributed by atoms with E-state index in [0.717, 1.165) is 0 Å². The summed E-state index contributed by atoms with van der Waals surface area (Å²) in [6.07, 6.45) is 0. The largest absolute Gasteiger partial charge is 0.493 e. The van der Waals surface area contributed by atoms with E-state index in [4.69, 9.17) is 18.6 Å². The van der Waals surface area contributed by atoms with E-state index in [1.807, 2.05) is 0 Å². The lowest BCUT2D eigenvalue weighted by Crippen LogP contribution is -2.20. The number of benzene rings is 3. The minimum atomic E-state index is -0.417. The van der Waals surface area contributed by atoms with Crippen molar-refractivity contribution in [1.82, 2.24) is 0 Å². The predicted molar refractivity (Wildman–Crippen MR) is 121 cm³/mol. The zero-order valence-electron chi connectivity index (χ0n) is 17.9. The van der Waals surface area contributed by atoms with Crippen LogP contribution in [-0.4, -0.2) is 19.6 Å². The Labute approximate surface area is 188 Å². The Kier molecular flexibility index (Phi) is 6.26. The molecule has 0 saturated carbocycles. The van der Waals surface area contributed by atoms with Crippen LogP contribution in [0.3, 0.4) is 0 Å². The Hall–Kier alpha value is -4.33. The summed E-state index contributed by atoms with van der Waals surface area (Å²) >= 11 is 0. The highest BCUT2D eigenvalue weighted by Gasteiger charge is 2.16. The summed E-state index contributed by atoms with van der Waals surface area (Å²) in [5.74, 6) is 0.746. The van der Waals surface area contributed by atoms with Crippen molar-refractivity contribution in [3.05, 3.63) is 88.5 Å². The molecule has 7 nitrogen and oxygen atoms in total. The van der Waals surface area contributed by atoms with Gasteiger partial charge in [-0.25, -0.2) is 4.39 Å². The molecular formula is C25H20FNO6. The van der Waals surface area contributed by atoms with Crippen LogP contribution in [0, 0.1) is 12.7 Å². The molecule has 1 N–H and O–H groups in total. The molecule has 0 radical (unpaired) electrons. The molecule has 1 aromatic heterocycles. The third kappa shape index (κ3) is 4.95. The summed E-state index contributed by atoms with van der Waals surface area (Å²) in [6, 6.07) is 17.0. The van der Waals surface area contributed by atoms with E-state index in [-0.39, 0.29) is 23.5 Å². The number of anilines is 1. The topological polar surface area (TPSA) is 87.0 Å². The Morgan fingerprint density at radius 3 is 2.48 bits per heavy atom. The maximum Gasteiger partial charge on any atom is 0.262 e. The van der Waals surface area contributed by atoms with Gasteiger partial charge in [0, 0.05) is 11.8 Å². The standard InChI is InChI=1S/C25H20FNO6/c1-15-25(33-21-6-4-3-5-20(21)30-2)24(29)19-12-11-18(13-22(19)32-15)31-14-23(28)27-17-9-7-16(26)8-10-17/h3-13H,14H2,1-2H3,(H,27,28). The lowest BCUT2D eigenvalue weighted by Gasteiger charge is -2.12. The average molecular weight is 449 g/mol. The molecule has 3 aromatic carbocycles. The number of hydrogen-bond acceptors (Lipinski definition) is 6. The van der Waals surface area contributed by atoms with E-state index in [2.05, 4.69) is 5.32 Å². The molecule has 0 aliphatic rings. The van der Waals surface area contributed by atoms with Gasteiger partial charge in [-0.05, 0) is 55.5 Å². The molecule has 0 aliphatic heterocycles. The number of amides is 1. The SMILES string of the molecule is COc1ccccc1Oc1c(C)oc2cc(OCC(=O)Nc3ccc(F)cc3)ccc2c1=O. The highest BCUT2D eigenvalue weighted by Crippen LogP contribution is 2.32. The van der Waals surface area contributed by atoms with Gasteiger partial charge in [-0.3, -0.25) is 9.59 Å². The predicted octanol–water partition coefficient (Wildman–Crippen LogP) is 5.06. The average Bonchev–Trinajstić information content (AvgIpc) is 2.82. The van der Waals surface area contributed by atoms with Crippen LogP contribution in [0.25, 0.3) is 11.0 Å². The lowest BCUT2D eigenvalue weighted by atomic mass is 10.2. The van der Waals surface area contributed by atoms with Gasteiger partial charge in [0.2, 0.25) is 11.2 Å². The van der Waals surface area contributed by atoms with Crippen molar-refractivity contribution in [2.24, 2.45) is 0 Å². The molecular weight excluding hydrogens is 429 g/mol. The second-order valence-electron chi connectivity index (χ2n) is 7.07. The maximum absolute atomic E-state index is 13.0. The number of nitrogens with one attached hydrogen (secondary N) is 1. The maximum atomic E-state index is 13.0.